The number of anilines is 1. The molecule has 3 atom stereocenters. The lowest BCUT2D eigenvalue weighted by molar-refractivity contribution is 0.101. The van der Waals surface area contributed by atoms with Gasteiger partial charge in [-0.3, -0.25) is 0 Å². The van der Waals surface area contributed by atoms with Crippen molar-refractivity contribution in [3.8, 4) is 0 Å². The Morgan fingerprint density at radius 2 is 1.72 bits per heavy atom. The van der Waals surface area contributed by atoms with Gasteiger partial charge < -0.3 is 14.8 Å². The molecule has 3 N–H and O–H groups in total. The first-order valence-corrected chi connectivity index (χ1v) is 13.2. The number of aliphatic hydroxyl groups is 1. The third-order valence-electron chi connectivity index (χ3n) is 7.68. The van der Waals surface area contributed by atoms with Crippen LogP contribution < -0.4 is 10.0 Å². The fourth-order valence-electron chi connectivity index (χ4n) is 6.22. The molecule has 2 aromatic rings. The molecule has 1 saturated carbocycles. The van der Waals surface area contributed by atoms with Gasteiger partial charge in [0.1, 0.15) is 5.76 Å². The van der Waals surface area contributed by atoms with E-state index in [4.69, 9.17) is 16.0 Å². The third-order valence-corrected chi connectivity index (χ3v) is 9.32. The molecule has 6 rings (SSSR count). The Morgan fingerprint density at radius 3 is 2.41 bits per heavy atom. The van der Waals surface area contributed by atoms with E-state index in [1.165, 1.54) is 6.07 Å². The van der Waals surface area contributed by atoms with E-state index in [1.54, 1.807) is 0 Å². The normalized spacial score (nSPS) is 25.4. The molecule has 7 nitrogen and oxygen atoms in total. The lowest BCUT2D eigenvalue weighted by Crippen LogP contribution is -2.34. The van der Waals surface area contributed by atoms with Crippen LogP contribution in [-0.2, 0) is 35.7 Å². The second-order valence-electron chi connectivity index (χ2n) is 9.47. The Labute approximate surface area is 191 Å². The van der Waals surface area contributed by atoms with Crippen LogP contribution in [0.2, 0.25) is 5.02 Å². The number of hydrogen-bond donors (Lipinski definition) is 3. The number of furan rings is 1. The number of rotatable bonds is 3. The van der Waals surface area contributed by atoms with Crippen LogP contribution in [0.25, 0.3) is 0 Å². The van der Waals surface area contributed by atoms with Crippen LogP contribution in [0.1, 0.15) is 77.7 Å². The predicted octanol–water partition coefficient (Wildman–Crippen LogP) is 4.35. The molecule has 4 aliphatic rings. The van der Waals surface area contributed by atoms with Gasteiger partial charge in [-0.25, -0.2) is 9.52 Å². The van der Waals surface area contributed by atoms with Crippen LogP contribution in [-0.4, -0.2) is 19.6 Å². The first-order valence-electron chi connectivity index (χ1n) is 11.3. The number of benzene rings is 1. The second-order valence-corrected chi connectivity index (χ2v) is 11.5. The smallest absolute Gasteiger partial charge is 0.333 e. The van der Waals surface area contributed by atoms with Crippen molar-refractivity contribution >= 4 is 33.3 Å². The summed E-state index contributed by atoms with van der Waals surface area (Å²) >= 11 is 6.63. The largest absolute Gasteiger partial charge is 0.447 e. The molecule has 1 heterocycles. The van der Waals surface area contributed by atoms with Gasteiger partial charge in [0.25, 0.3) is 10.0 Å². The van der Waals surface area contributed by atoms with Crippen LogP contribution in [0.3, 0.4) is 0 Å². The zero-order valence-electron chi connectivity index (χ0n) is 17.5. The number of halogens is 1. The number of fused-ring (bicyclic) bond motifs is 6. The molecule has 170 valence electrons. The molecule has 1 aromatic heterocycles. The van der Waals surface area contributed by atoms with E-state index in [-0.39, 0.29) is 16.9 Å². The number of hydrogen-bond acceptors (Lipinski definition) is 5. The maximum Gasteiger partial charge on any atom is 0.333 e. The number of nitrogens with one attached hydrogen (secondary N) is 2. The Hall–Kier alpha value is -2.03. The van der Waals surface area contributed by atoms with Gasteiger partial charge in [0.2, 0.25) is 5.09 Å². The highest BCUT2D eigenvalue weighted by Crippen LogP contribution is 2.52. The summed E-state index contributed by atoms with van der Waals surface area (Å²) in [6, 6.07) is 0.560. The van der Waals surface area contributed by atoms with Crippen molar-refractivity contribution in [1.29, 1.82) is 0 Å². The minimum atomic E-state index is -4.22. The van der Waals surface area contributed by atoms with Gasteiger partial charge in [-0.05, 0) is 86.0 Å². The first-order chi connectivity index (χ1) is 15.3. The quantitative estimate of drug-likeness (QED) is 0.610. The van der Waals surface area contributed by atoms with Crippen LogP contribution in [0.5, 0.6) is 0 Å². The summed E-state index contributed by atoms with van der Waals surface area (Å²) in [5.74, 6) is 0.821. The van der Waals surface area contributed by atoms with E-state index in [0.29, 0.717) is 17.0 Å². The number of sulfonamides is 1. The molecular weight excluding hydrogens is 452 g/mol. The minimum absolute atomic E-state index is 0.135. The number of amides is 2. The Kier molecular flexibility index (Phi) is 4.65. The van der Waals surface area contributed by atoms with Crippen LogP contribution in [0.4, 0.5) is 10.5 Å². The molecule has 1 aromatic carbocycles. The average molecular weight is 477 g/mol. The molecule has 9 heteroatoms. The van der Waals surface area contributed by atoms with Gasteiger partial charge >= 0.3 is 6.03 Å². The summed E-state index contributed by atoms with van der Waals surface area (Å²) in [5, 5.41) is 13.8. The van der Waals surface area contributed by atoms with Crippen molar-refractivity contribution < 1.29 is 22.7 Å². The van der Waals surface area contributed by atoms with Crippen molar-refractivity contribution in [3.63, 3.8) is 0 Å². The van der Waals surface area contributed by atoms with Crippen LogP contribution in [0.15, 0.2) is 15.6 Å². The average Bonchev–Trinajstić information content (AvgIpc) is 3.53. The van der Waals surface area contributed by atoms with Crippen molar-refractivity contribution in [2.24, 2.45) is 5.92 Å². The van der Waals surface area contributed by atoms with Gasteiger partial charge in [-0.15, -0.1) is 0 Å². The van der Waals surface area contributed by atoms with Crippen molar-refractivity contribution in [3.05, 3.63) is 44.7 Å². The van der Waals surface area contributed by atoms with E-state index in [0.717, 1.165) is 85.1 Å². The van der Waals surface area contributed by atoms with Crippen molar-refractivity contribution in [1.82, 2.24) is 4.72 Å². The SMILES string of the molecule is O=C(Nc1c2c(c(Cl)c3c1CCC3)CCC2)NS(=O)(=O)c1cc2c(o1)C1CCC(C1)C2O. The molecule has 2 amide bonds. The molecule has 0 saturated heterocycles. The van der Waals surface area contributed by atoms with Crippen LogP contribution >= 0.6 is 11.6 Å². The number of aliphatic hydroxyl groups excluding tert-OH is 1. The predicted molar refractivity (Wildman–Crippen MR) is 119 cm³/mol. The van der Waals surface area contributed by atoms with E-state index >= 15 is 0 Å². The summed E-state index contributed by atoms with van der Waals surface area (Å²) in [6.07, 6.45) is 7.19. The maximum absolute atomic E-state index is 12.9. The van der Waals surface area contributed by atoms with E-state index in [2.05, 4.69) is 10.0 Å². The number of urea groups is 1. The molecule has 32 heavy (non-hydrogen) atoms. The molecule has 0 radical (unpaired) electrons. The highest BCUT2D eigenvalue weighted by Gasteiger charge is 2.43. The van der Waals surface area contributed by atoms with Gasteiger partial charge in [0, 0.05) is 28.3 Å². The molecular formula is C23H25ClN2O5S. The molecule has 3 unspecified atom stereocenters. The molecule has 0 aliphatic heterocycles. The van der Waals surface area contributed by atoms with Crippen molar-refractivity contribution in [2.45, 2.75) is 74.9 Å². The van der Waals surface area contributed by atoms with E-state index in [1.807, 2.05) is 0 Å². The fraction of sp³-hybridized carbons (Fsp3) is 0.522. The second kappa shape index (κ2) is 7.23. The van der Waals surface area contributed by atoms with E-state index in [9.17, 15) is 18.3 Å². The highest BCUT2D eigenvalue weighted by molar-refractivity contribution is 7.89. The zero-order chi connectivity index (χ0) is 22.2. The van der Waals surface area contributed by atoms with E-state index < -0.39 is 22.2 Å². The summed E-state index contributed by atoms with van der Waals surface area (Å²) in [6.45, 7) is 0. The van der Waals surface area contributed by atoms with Crippen molar-refractivity contribution in [2.75, 3.05) is 5.32 Å². The summed E-state index contributed by atoms with van der Waals surface area (Å²) < 4.78 is 33.6. The highest BCUT2D eigenvalue weighted by atomic mass is 35.5. The number of carbonyl (C=O) groups excluding carboxylic acids is 1. The lowest BCUT2D eigenvalue weighted by Gasteiger charge is -2.23. The Morgan fingerprint density at radius 1 is 1.06 bits per heavy atom. The van der Waals surface area contributed by atoms with Gasteiger partial charge in [-0.1, -0.05) is 11.6 Å². The summed E-state index contributed by atoms with van der Waals surface area (Å²) in [4.78, 5) is 12.8. The topological polar surface area (TPSA) is 109 Å². The molecule has 4 aliphatic carbocycles. The molecule has 1 fully saturated rings. The van der Waals surface area contributed by atoms with Gasteiger partial charge in [0.15, 0.2) is 0 Å². The van der Waals surface area contributed by atoms with Gasteiger partial charge in [0.05, 0.1) is 6.10 Å². The third kappa shape index (κ3) is 3.03. The number of carbonyl (C=O) groups is 1. The zero-order valence-corrected chi connectivity index (χ0v) is 19.1. The van der Waals surface area contributed by atoms with Crippen LogP contribution in [0, 0.1) is 5.92 Å². The maximum atomic E-state index is 12.9. The first kappa shape index (κ1) is 20.6. The van der Waals surface area contributed by atoms with Gasteiger partial charge in [-0.2, -0.15) is 8.42 Å². The summed E-state index contributed by atoms with van der Waals surface area (Å²) in [5.41, 5.74) is 5.46. The monoisotopic (exact) mass is 476 g/mol. The summed E-state index contributed by atoms with van der Waals surface area (Å²) in [7, 11) is -4.22. The molecule has 2 bridgehead atoms. The minimum Gasteiger partial charge on any atom is -0.447 e. The molecule has 0 spiro atoms. The fourth-order valence-corrected chi connectivity index (χ4v) is 7.52. The lowest BCUT2D eigenvalue weighted by atomic mass is 9.86. The Bertz CT molecular complexity index is 1200. The Balaban J connectivity index is 1.27. The standard InChI is InChI=1S/C23H25ClN2O5S/c24-19-13-3-1-5-15(13)20(16-6-2-4-14(16)19)25-23(28)26-32(29,30)18-10-17-21(27)11-7-8-12(9-11)22(17)31-18/h10-12,21,27H,1-9H2,(H2,25,26,28).